The van der Waals surface area contributed by atoms with Gasteiger partial charge in [0.1, 0.15) is 0 Å². The minimum Gasteiger partial charge on any atom is -0.309 e. The highest BCUT2D eigenvalue weighted by atomic mass is 35.5. The summed E-state index contributed by atoms with van der Waals surface area (Å²) in [7, 11) is 0. The molecule has 0 saturated carbocycles. The number of benzene rings is 9. The number of aryl methyl sites for hydroxylation is 4. The van der Waals surface area contributed by atoms with E-state index >= 15 is 0 Å². The molecule has 0 saturated heterocycles. The van der Waals surface area contributed by atoms with Crippen molar-refractivity contribution in [2.24, 2.45) is 0 Å². The van der Waals surface area contributed by atoms with Crippen LogP contribution < -0.4 is 9.80 Å². The Morgan fingerprint density at radius 1 is 0.339 bits per heavy atom. The fraction of sp³-hybridized carbons (Fsp3) is 0.0690. The van der Waals surface area contributed by atoms with E-state index in [4.69, 9.17) is 11.6 Å². The Morgan fingerprint density at radius 3 is 0.984 bits per heavy atom. The van der Waals surface area contributed by atoms with Crippen molar-refractivity contribution in [2.45, 2.75) is 27.7 Å². The molecule has 4 heteroatoms. The van der Waals surface area contributed by atoms with E-state index in [9.17, 15) is 0 Å². The summed E-state index contributed by atoms with van der Waals surface area (Å²) in [5.74, 6) is 0. The third-order valence-corrected chi connectivity index (χ3v) is 12.3. The zero-order valence-electron chi connectivity index (χ0n) is 35.3. The average molecular weight is 820 g/mol. The summed E-state index contributed by atoms with van der Waals surface area (Å²) in [6.45, 7) is 8.51. The molecule has 1 heterocycles. The van der Waals surface area contributed by atoms with Gasteiger partial charge < -0.3 is 14.4 Å². The van der Waals surface area contributed by atoms with Crippen LogP contribution in [-0.4, -0.2) is 4.57 Å². The van der Waals surface area contributed by atoms with Gasteiger partial charge in [0.15, 0.2) is 0 Å². The van der Waals surface area contributed by atoms with Gasteiger partial charge in [0, 0.05) is 33.5 Å². The number of hydrogen-bond donors (Lipinski definition) is 0. The van der Waals surface area contributed by atoms with Gasteiger partial charge >= 0.3 is 0 Å². The van der Waals surface area contributed by atoms with Crippen LogP contribution in [0.2, 0.25) is 5.02 Å². The van der Waals surface area contributed by atoms with Crippen molar-refractivity contribution in [3.63, 3.8) is 0 Å². The number of hydrogen-bond acceptors (Lipinski definition) is 2. The Hall–Kier alpha value is -7.33. The van der Waals surface area contributed by atoms with Gasteiger partial charge in [0.25, 0.3) is 0 Å². The van der Waals surface area contributed by atoms with Crippen molar-refractivity contribution in [1.29, 1.82) is 0 Å². The van der Waals surface area contributed by atoms with Gasteiger partial charge in [-0.25, -0.2) is 0 Å². The van der Waals surface area contributed by atoms with Crippen molar-refractivity contribution in [1.82, 2.24) is 4.57 Å². The molecular formula is C58H46ClN3. The summed E-state index contributed by atoms with van der Waals surface area (Å²) in [5.41, 5.74) is 18.5. The van der Waals surface area contributed by atoms with E-state index < -0.39 is 0 Å². The molecule has 3 nitrogen and oxygen atoms in total. The lowest BCUT2D eigenvalue weighted by atomic mass is 10.0. The molecule has 0 N–H and O–H groups in total. The molecule has 9 aromatic carbocycles. The Labute approximate surface area is 369 Å². The number of fused-ring (bicyclic) bond motifs is 3. The first-order valence-electron chi connectivity index (χ1n) is 21.2. The number of nitrogens with zero attached hydrogens (tertiary/aromatic N) is 3. The Bertz CT molecular complexity index is 2880. The fourth-order valence-electron chi connectivity index (χ4n) is 8.59. The monoisotopic (exact) mass is 819 g/mol. The highest BCUT2D eigenvalue weighted by molar-refractivity contribution is 6.37. The first-order valence-corrected chi connectivity index (χ1v) is 21.6. The second-order valence-electron chi connectivity index (χ2n) is 16.3. The smallest absolute Gasteiger partial charge is 0.0888 e. The maximum Gasteiger partial charge on any atom is 0.0888 e. The van der Waals surface area contributed by atoms with E-state index in [-0.39, 0.29) is 0 Å². The van der Waals surface area contributed by atoms with Gasteiger partial charge in [-0.3, -0.25) is 0 Å². The van der Waals surface area contributed by atoms with E-state index in [1.807, 2.05) is 0 Å². The van der Waals surface area contributed by atoms with E-state index in [0.29, 0.717) is 5.02 Å². The van der Waals surface area contributed by atoms with Crippen LogP contribution in [0, 0.1) is 27.7 Å². The molecule has 0 bridgehead atoms. The predicted molar refractivity (Wildman–Crippen MR) is 265 cm³/mol. The van der Waals surface area contributed by atoms with Gasteiger partial charge in [0.2, 0.25) is 0 Å². The molecule has 0 unspecified atom stereocenters. The van der Waals surface area contributed by atoms with Gasteiger partial charge in [-0.15, -0.1) is 0 Å². The molecule has 10 aromatic rings. The summed E-state index contributed by atoms with van der Waals surface area (Å²) in [4.78, 5) is 4.59. The van der Waals surface area contributed by atoms with Crippen molar-refractivity contribution >= 4 is 67.5 Å². The van der Waals surface area contributed by atoms with Crippen LogP contribution in [-0.2, 0) is 0 Å². The lowest BCUT2D eigenvalue weighted by Gasteiger charge is -2.32. The van der Waals surface area contributed by atoms with Crippen LogP contribution in [0.1, 0.15) is 22.3 Å². The molecule has 0 atom stereocenters. The quantitative estimate of drug-likeness (QED) is 0.144. The Balaban J connectivity index is 1.31. The number of halogens is 1. The van der Waals surface area contributed by atoms with E-state index in [1.165, 1.54) is 55.3 Å². The second kappa shape index (κ2) is 16.3. The summed E-state index contributed by atoms with van der Waals surface area (Å²) < 4.78 is 2.42. The van der Waals surface area contributed by atoms with Crippen LogP contribution >= 0.6 is 11.6 Å². The van der Waals surface area contributed by atoms with Crippen LogP contribution in [0.15, 0.2) is 206 Å². The maximum atomic E-state index is 7.98. The maximum absolute atomic E-state index is 7.98. The number of anilines is 6. The molecular weight excluding hydrogens is 774 g/mol. The zero-order valence-corrected chi connectivity index (χ0v) is 36.1. The zero-order chi connectivity index (χ0) is 42.3. The Morgan fingerprint density at radius 2 is 0.661 bits per heavy atom. The van der Waals surface area contributed by atoms with Gasteiger partial charge in [-0.1, -0.05) is 155 Å². The van der Waals surface area contributed by atoms with Crippen molar-refractivity contribution in [2.75, 3.05) is 9.80 Å². The summed E-state index contributed by atoms with van der Waals surface area (Å²) in [5, 5.41) is 3.00. The van der Waals surface area contributed by atoms with Crippen LogP contribution in [0.3, 0.4) is 0 Å². The van der Waals surface area contributed by atoms with E-state index in [1.54, 1.807) is 0 Å². The van der Waals surface area contributed by atoms with Crippen molar-refractivity contribution < 1.29 is 0 Å². The standard InChI is InChI=1S/C58H46ClN3/c1-39-15-25-47(26-16-39)60(48-27-17-40(2)18-28-48)56-37-51(38-57(58(56)59)61(49-29-19-41(3)20-30-49)50-31-21-42(4)22-32-50)62-54-33-23-45(43-11-7-5-8-12-43)35-52(54)53-36-46(24-34-55(53)62)44-13-9-6-10-14-44/h5-38H,1-4H3. The number of rotatable bonds is 9. The Kier molecular flexibility index (Phi) is 10.2. The lowest BCUT2D eigenvalue weighted by molar-refractivity contribution is 1.16. The van der Waals surface area contributed by atoms with Crippen molar-refractivity contribution in [3.05, 3.63) is 234 Å². The highest BCUT2D eigenvalue weighted by Gasteiger charge is 2.26. The van der Waals surface area contributed by atoms with Gasteiger partial charge in [0.05, 0.1) is 33.1 Å². The molecule has 10 rings (SSSR count). The topological polar surface area (TPSA) is 11.4 Å². The third-order valence-electron chi connectivity index (χ3n) is 11.9. The molecule has 0 aliphatic rings. The van der Waals surface area contributed by atoms with Crippen LogP contribution in [0.25, 0.3) is 49.7 Å². The fourth-order valence-corrected chi connectivity index (χ4v) is 8.86. The highest BCUT2D eigenvalue weighted by Crippen LogP contribution is 2.49. The molecule has 0 amide bonds. The third kappa shape index (κ3) is 7.31. The molecule has 300 valence electrons. The molecule has 0 fully saturated rings. The average Bonchev–Trinajstić information content (AvgIpc) is 3.63. The molecule has 1 aromatic heterocycles. The van der Waals surface area contributed by atoms with Crippen LogP contribution in [0.5, 0.6) is 0 Å². The largest absolute Gasteiger partial charge is 0.309 e. The predicted octanol–water partition coefficient (Wildman–Crippen LogP) is 16.9. The molecule has 62 heavy (non-hydrogen) atoms. The summed E-state index contributed by atoms with van der Waals surface area (Å²) in [6.07, 6.45) is 0. The second-order valence-corrected chi connectivity index (χ2v) is 16.7. The number of aromatic nitrogens is 1. The summed E-state index contributed by atoms with van der Waals surface area (Å²) in [6, 6.07) is 74.4. The lowest BCUT2D eigenvalue weighted by Crippen LogP contribution is -2.15. The first kappa shape index (κ1) is 38.8. The first-order chi connectivity index (χ1) is 30.3. The molecule has 0 aliphatic carbocycles. The molecule has 0 radical (unpaired) electrons. The molecule has 0 spiro atoms. The normalized spacial score (nSPS) is 11.3. The summed E-state index contributed by atoms with van der Waals surface area (Å²) >= 11 is 7.98. The van der Waals surface area contributed by atoms with E-state index in [2.05, 4.69) is 248 Å². The van der Waals surface area contributed by atoms with Gasteiger partial charge in [-0.2, -0.15) is 0 Å². The SMILES string of the molecule is Cc1ccc(N(c2ccc(C)cc2)c2cc(-n3c4ccc(-c5ccccc5)cc4c4cc(-c5ccccc5)ccc43)cc(N(c3ccc(C)cc3)c3ccc(C)cc3)c2Cl)cc1. The van der Waals surface area contributed by atoms with Crippen LogP contribution in [0.4, 0.5) is 34.1 Å². The minimum atomic E-state index is 0.634. The van der Waals surface area contributed by atoms with Crippen molar-refractivity contribution in [3.8, 4) is 27.9 Å². The molecule has 0 aliphatic heterocycles. The van der Waals surface area contributed by atoms with Gasteiger partial charge in [-0.05, 0) is 135 Å². The van der Waals surface area contributed by atoms with E-state index in [0.717, 1.165) is 50.8 Å². The minimum absolute atomic E-state index is 0.634.